The van der Waals surface area contributed by atoms with E-state index in [2.05, 4.69) is 20.6 Å². The van der Waals surface area contributed by atoms with Crippen LogP contribution in [-0.2, 0) is 0 Å². The van der Waals surface area contributed by atoms with Crippen LogP contribution in [0, 0.1) is 0 Å². The molecule has 1 heterocycles. The summed E-state index contributed by atoms with van der Waals surface area (Å²) in [6, 6.07) is 9.32. The highest BCUT2D eigenvalue weighted by Crippen LogP contribution is 2.19. The van der Waals surface area contributed by atoms with Gasteiger partial charge in [-0.3, -0.25) is 4.79 Å². The first-order valence-corrected chi connectivity index (χ1v) is 8.14. The molecule has 0 spiro atoms. The van der Waals surface area contributed by atoms with Gasteiger partial charge in [-0.15, -0.1) is 0 Å². The molecule has 24 heavy (non-hydrogen) atoms. The highest BCUT2D eigenvalue weighted by molar-refractivity contribution is 5.93. The van der Waals surface area contributed by atoms with Crippen molar-refractivity contribution >= 4 is 17.4 Å². The number of carbonyl (C=O) groups is 1. The van der Waals surface area contributed by atoms with Gasteiger partial charge in [0.25, 0.3) is 5.91 Å². The largest absolute Gasteiger partial charge is 0.491 e. The van der Waals surface area contributed by atoms with Crippen molar-refractivity contribution in [2.45, 2.75) is 46.3 Å². The fraction of sp³-hybridized carbons (Fsp3) is 0.389. The van der Waals surface area contributed by atoms with Crippen LogP contribution < -0.4 is 15.4 Å². The molecule has 0 aliphatic carbocycles. The van der Waals surface area contributed by atoms with E-state index in [9.17, 15) is 4.79 Å². The van der Waals surface area contributed by atoms with Crippen molar-refractivity contribution in [3.05, 3.63) is 42.4 Å². The Balaban J connectivity index is 2.05. The molecule has 0 bridgehead atoms. The van der Waals surface area contributed by atoms with E-state index in [1.807, 2.05) is 52.0 Å². The van der Waals surface area contributed by atoms with Gasteiger partial charge < -0.3 is 15.4 Å². The minimum Gasteiger partial charge on any atom is -0.491 e. The first-order valence-electron chi connectivity index (χ1n) is 8.14. The summed E-state index contributed by atoms with van der Waals surface area (Å²) in [7, 11) is 0. The molecule has 128 valence electrons. The number of aromatic nitrogens is 2. The number of amides is 1. The number of nitrogens with zero attached hydrogens (tertiary/aromatic N) is 2. The van der Waals surface area contributed by atoms with Gasteiger partial charge in [0, 0.05) is 17.8 Å². The number of anilines is 2. The molecule has 2 aromatic rings. The summed E-state index contributed by atoms with van der Waals surface area (Å²) < 4.78 is 5.61. The quantitative estimate of drug-likeness (QED) is 0.813. The van der Waals surface area contributed by atoms with Crippen LogP contribution in [-0.4, -0.2) is 28.0 Å². The summed E-state index contributed by atoms with van der Waals surface area (Å²) in [6.45, 7) is 7.95. The molecule has 0 aliphatic heterocycles. The fourth-order valence-electron chi connectivity index (χ4n) is 1.99. The summed E-state index contributed by atoms with van der Waals surface area (Å²) in [5.74, 6) is 1.18. The topological polar surface area (TPSA) is 76.1 Å². The zero-order valence-corrected chi connectivity index (χ0v) is 14.5. The third kappa shape index (κ3) is 5.22. The van der Waals surface area contributed by atoms with Crippen molar-refractivity contribution in [1.82, 2.24) is 15.3 Å². The van der Waals surface area contributed by atoms with Crippen molar-refractivity contribution < 1.29 is 9.53 Å². The normalized spacial score (nSPS) is 11.9. The molecule has 0 aliphatic rings. The van der Waals surface area contributed by atoms with Crippen LogP contribution in [0.25, 0.3) is 0 Å². The first-order chi connectivity index (χ1) is 11.5. The first kappa shape index (κ1) is 17.7. The van der Waals surface area contributed by atoms with E-state index in [4.69, 9.17) is 4.74 Å². The Hall–Kier alpha value is -2.63. The van der Waals surface area contributed by atoms with Crippen LogP contribution in [0.3, 0.4) is 0 Å². The maximum atomic E-state index is 12.1. The van der Waals surface area contributed by atoms with E-state index < -0.39 is 0 Å². The number of nitrogens with one attached hydrogen (secondary N) is 2. The Labute approximate surface area is 142 Å². The molecule has 1 aromatic heterocycles. The van der Waals surface area contributed by atoms with Crippen molar-refractivity contribution in [2.75, 3.05) is 5.32 Å². The van der Waals surface area contributed by atoms with Gasteiger partial charge in [-0.1, -0.05) is 6.92 Å². The number of carbonyl (C=O) groups excluding carboxylic acids is 1. The SMILES string of the molecule is CCC(C)NC(=O)c1cc(Nc2ccc(OC(C)C)cc2)ncn1. The molecular formula is C18H24N4O2. The lowest BCUT2D eigenvalue weighted by Crippen LogP contribution is -2.32. The van der Waals surface area contributed by atoms with E-state index in [-0.39, 0.29) is 18.1 Å². The number of benzene rings is 1. The summed E-state index contributed by atoms with van der Waals surface area (Å²) in [6.07, 6.45) is 2.38. The van der Waals surface area contributed by atoms with E-state index >= 15 is 0 Å². The van der Waals surface area contributed by atoms with Crippen LogP contribution in [0.15, 0.2) is 36.7 Å². The Morgan fingerprint density at radius 1 is 1.17 bits per heavy atom. The van der Waals surface area contributed by atoms with Gasteiger partial charge in [0.2, 0.25) is 0 Å². The molecule has 6 nitrogen and oxygen atoms in total. The lowest BCUT2D eigenvalue weighted by Gasteiger charge is -2.12. The average Bonchev–Trinajstić information content (AvgIpc) is 2.56. The molecule has 0 saturated heterocycles. The lowest BCUT2D eigenvalue weighted by atomic mass is 10.2. The van der Waals surface area contributed by atoms with Gasteiger partial charge in [-0.2, -0.15) is 0 Å². The zero-order valence-electron chi connectivity index (χ0n) is 14.5. The number of ether oxygens (including phenoxy) is 1. The van der Waals surface area contributed by atoms with Crippen molar-refractivity contribution in [3.63, 3.8) is 0 Å². The molecule has 2 rings (SSSR count). The monoisotopic (exact) mass is 328 g/mol. The second kappa shape index (κ2) is 8.29. The van der Waals surface area contributed by atoms with Crippen LogP contribution >= 0.6 is 0 Å². The highest BCUT2D eigenvalue weighted by atomic mass is 16.5. The Morgan fingerprint density at radius 2 is 1.88 bits per heavy atom. The molecule has 0 radical (unpaired) electrons. The van der Waals surface area contributed by atoms with Gasteiger partial charge >= 0.3 is 0 Å². The molecular weight excluding hydrogens is 304 g/mol. The van der Waals surface area contributed by atoms with Gasteiger partial charge in [0.1, 0.15) is 23.6 Å². The van der Waals surface area contributed by atoms with Crippen LogP contribution in [0.2, 0.25) is 0 Å². The van der Waals surface area contributed by atoms with Crippen molar-refractivity contribution in [1.29, 1.82) is 0 Å². The zero-order chi connectivity index (χ0) is 17.5. The van der Waals surface area contributed by atoms with Gasteiger partial charge in [-0.25, -0.2) is 9.97 Å². The van der Waals surface area contributed by atoms with E-state index in [1.165, 1.54) is 6.33 Å². The molecule has 0 fully saturated rings. The van der Waals surface area contributed by atoms with Crippen molar-refractivity contribution in [2.24, 2.45) is 0 Å². The molecule has 1 atom stereocenters. The second-order valence-corrected chi connectivity index (χ2v) is 5.89. The standard InChI is InChI=1S/C18H24N4O2/c1-5-13(4)21-18(23)16-10-17(20-11-19-16)22-14-6-8-15(9-7-14)24-12(2)3/h6-13H,5H2,1-4H3,(H,21,23)(H,19,20,22). The summed E-state index contributed by atoms with van der Waals surface area (Å²) in [4.78, 5) is 20.3. The molecule has 1 amide bonds. The van der Waals surface area contributed by atoms with E-state index in [1.54, 1.807) is 6.07 Å². The van der Waals surface area contributed by atoms with E-state index in [0.717, 1.165) is 17.9 Å². The van der Waals surface area contributed by atoms with Gasteiger partial charge in [-0.05, 0) is 51.5 Å². The minimum absolute atomic E-state index is 0.109. The smallest absolute Gasteiger partial charge is 0.270 e. The summed E-state index contributed by atoms with van der Waals surface area (Å²) >= 11 is 0. The third-order valence-corrected chi connectivity index (χ3v) is 3.39. The number of hydrogen-bond donors (Lipinski definition) is 2. The Bertz CT molecular complexity index is 671. The van der Waals surface area contributed by atoms with Crippen LogP contribution in [0.1, 0.15) is 44.6 Å². The number of rotatable bonds is 7. The molecule has 6 heteroatoms. The maximum Gasteiger partial charge on any atom is 0.270 e. The summed E-state index contributed by atoms with van der Waals surface area (Å²) in [5.41, 5.74) is 1.20. The maximum absolute atomic E-state index is 12.1. The molecule has 1 unspecified atom stereocenters. The molecule has 0 saturated carbocycles. The lowest BCUT2D eigenvalue weighted by molar-refractivity contribution is 0.0934. The Morgan fingerprint density at radius 3 is 2.50 bits per heavy atom. The van der Waals surface area contributed by atoms with Gasteiger partial charge in [0.15, 0.2) is 0 Å². The predicted molar refractivity (Wildman–Crippen MR) is 94.7 cm³/mol. The number of hydrogen-bond acceptors (Lipinski definition) is 5. The minimum atomic E-state index is -0.199. The fourth-order valence-corrected chi connectivity index (χ4v) is 1.99. The van der Waals surface area contributed by atoms with Crippen LogP contribution in [0.4, 0.5) is 11.5 Å². The summed E-state index contributed by atoms with van der Waals surface area (Å²) in [5, 5.41) is 6.05. The Kier molecular flexibility index (Phi) is 6.12. The average molecular weight is 328 g/mol. The molecule has 1 aromatic carbocycles. The predicted octanol–water partition coefficient (Wildman–Crippen LogP) is 3.54. The highest BCUT2D eigenvalue weighted by Gasteiger charge is 2.11. The van der Waals surface area contributed by atoms with Gasteiger partial charge in [0.05, 0.1) is 6.10 Å². The third-order valence-electron chi connectivity index (χ3n) is 3.39. The van der Waals surface area contributed by atoms with Crippen LogP contribution in [0.5, 0.6) is 5.75 Å². The van der Waals surface area contributed by atoms with E-state index in [0.29, 0.717) is 11.5 Å². The second-order valence-electron chi connectivity index (χ2n) is 5.89. The van der Waals surface area contributed by atoms with Crippen molar-refractivity contribution in [3.8, 4) is 5.75 Å². The molecule has 2 N–H and O–H groups in total.